The number of carboxylic acid groups (broad SMARTS) is 1. The summed E-state index contributed by atoms with van der Waals surface area (Å²) in [6.07, 6.45) is 1.65. The molecule has 1 amide bonds. The van der Waals surface area contributed by atoms with Gasteiger partial charge in [0, 0.05) is 0 Å². The molecule has 0 atom stereocenters. The third-order valence-corrected chi connectivity index (χ3v) is 5.31. The third-order valence-electron chi connectivity index (χ3n) is 3.22. The number of aromatic carboxylic acids is 1. The Bertz CT molecular complexity index is 807. The van der Waals surface area contributed by atoms with Crippen LogP contribution in [0.1, 0.15) is 24.8 Å². The summed E-state index contributed by atoms with van der Waals surface area (Å²) in [5, 5.41) is 11.7. The monoisotopic (exact) mass is 351 g/mol. The van der Waals surface area contributed by atoms with Crippen LogP contribution in [-0.2, 0) is 4.79 Å². The number of hydrogen-bond acceptors (Lipinski definition) is 2. The van der Waals surface area contributed by atoms with Gasteiger partial charge in [0.05, 0.1) is 0 Å². The maximum atomic E-state index is 13.3. The molecule has 2 heterocycles. The first-order valence-corrected chi connectivity index (χ1v) is 7.83. The molecule has 106 valence electrons. The molecular formula is C15H10FNO3Se. The van der Waals surface area contributed by atoms with Crippen LogP contribution in [0.2, 0.25) is 0 Å². The number of carboxylic acids is 1. The van der Waals surface area contributed by atoms with Crippen LogP contribution in [0.5, 0.6) is 0 Å². The molecule has 0 aliphatic carbocycles. The van der Waals surface area contributed by atoms with Gasteiger partial charge in [0.2, 0.25) is 0 Å². The molecule has 21 heavy (non-hydrogen) atoms. The summed E-state index contributed by atoms with van der Waals surface area (Å²) in [5.74, 6) is -1.68. The van der Waals surface area contributed by atoms with Crippen LogP contribution >= 0.6 is 0 Å². The van der Waals surface area contributed by atoms with Crippen molar-refractivity contribution in [1.29, 1.82) is 0 Å². The number of carbonyl (C=O) groups excluding carboxylic acids is 1. The summed E-state index contributed by atoms with van der Waals surface area (Å²) >= 11 is -0.128. The average molecular weight is 350 g/mol. The Morgan fingerprint density at radius 2 is 2.14 bits per heavy atom. The van der Waals surface area contributed by atoms with Crippen LogP contribution in [0.3, 0.4) is 0 Å². The number of anilines is 1. The van der Waals surface area contributed by atoms with Gasteiger partial charge in [-0.3, -0.25) is 0 Å². The van der Waals surface area contributed by atoms with Crippen molar-refractivity contribution in [3.63, 3.8) is 0 Å². The van der Waals surface area contributed by atoms with Crippen molar-refractivity contribution in [2.24, 2.45) is 0 Å². The summed E-state index contributed by atoms with van der Waals surface area (Å²) < 4.78 is 14.9. The number of fused-ring (bicyclic) bond motifs is 1. The molecule has 0 bridgehead atoms. The van der Waals surface area contributed by atoms with E-state index in [4.69, 9.17) is 5.11 Å². The van der Waals surface area contributed by atoms with Gasteiger partial charge in [-0.15, -0.1) is 0 Å². The quantitative estimate of drug-likeness (QED) is 0.646. The molecule has 1 aliphatic heterocycles. The van der Waals surface area contributed by atoms with Gasteiger partial charge >= 0.3 is 125 Å². The molecule has 0 radical (unpaired) electrons. The molecule has 1 aliphatic rings. The molecule has 1 aromatic carbocycles. The molecule has 2 N–H and O–H groups in total. The first kappa shape index (κ1) is 13.8. The molecule has 0 saturated heterocycles. The fourth-order valence-electron chi connectivity index (χ4n) is 2.23. The zero-order valence-corrected chi connectivity index (χ0v) is 12.6. The fourth-order valence-corrected chi connectivity index (χ4v) is 4.26. The predicted molar refractivity (Wildman–Crippen MR) is 78.0 cm³/mol. The van der Waals surface area contributed by atoms with Crippen molar-refractivity contribution in [2.45, 2.75) is 6.92 Å². The predicted octanol–water partition coefficient (Wildman–Crippen LogP) is 2.38. The Balaban J connectivity index is 2.08. The minimum atomic E-state index is -0.968. The number of benzene rings is 1. The van der Waals surface area contributed by atoms with Crippen molar-refractivity contribution >= 4 is 43.7 Å². The molecular weight excluding hydrogens is 340 g/mol. The van der Waals surface area contributed by atoms with Crippen LogP contribution in [0.4, 0.5) is 10.1 Å². The molecule has 3 rings (SSSR count). The summed E-state index contributed by atoms with van der Waals surface area (Å²) in [7, 11) is 0. The number of carbonyl (C=O) groups is 2. The minimum absolute atomic E-state index is 0.128. The number of rotatable bonds is 2. The van der Waals surface area contributed by atoms with Crippen LogP contribution < -0.4 is 5.32 Å². The first-order valence-electron chi connectivity index (χ1n) is 6.12. The first-order chi connectivity index (χ1) is 9.95. The molecule has 6 heteroatoms. The van der Waals surface area contributed by atoms with Gasteiger partial charge < -0.3 is 0 Å². The van der Waals surface area contributed by atoms with E-state index in [0.717, 1.165) is 8.87 Å². The van der Waals surface area contributed by atoms with Gasteiger partial charge in [-0.25, -0.2) is 0 Å². The Morgan fingerprint density at radius 3 is 2.81 bits per heavy atom. The second-order valence-corrected chi connectivity index (χ2v) is 7.33. The Kier molecular flexibility index (Phi) is 3.27. The molecule has 0 unspecified atom stereocenters. The van der Waals surface area contributed by atoms with Gasteiger partial charge in [-0.2, -0.15) is 0 Å². The average Bonchev–Trinajstić information content (AvgIpc) is 2.92. The topological polar surface area (TPSA) is 66.4 Å². The fraction of sp³-hybridized carbons (Fsp3) is 0.0667. The SMILES string of the molecule is Cc1[se]c(/C=C2\C(=O)Nc3ccc(F)cc32)cc1C(=O)O. The summed E-state index contributed by atoms with van der Waals surface area (Å²) in [5.41, 5.74) is 1.73. The van der Waals surface area contributed by atoms with E-state index in [1.54, 1.807) is 19.1 Å². The van der Waals surface area contributed by atoms with E-state index >= 15 is 0 Å². The summed E-state index contributed by atoms with van der Waals surface area (Å²) in [6.45, 7) is 1.77. The van der Waals surface area contributed by atoms with Crippen molar-refractivity contribution < 1.29 is 19.1 Å². The van der Waals surface area contributed by atoms with E-state index in [2.05, 4.69) is 5.32 Å². The summed E-state index contributed by atoms with van der Waals surface area (Å²) in [6, 6.07) is 5.69. The molecule has 1 aromatic heterocycles. The number of halogens is 1. The van der Waals surface area contributed by atoms with E-state index in [1.807, 2.05) is 0 Å². The van der Waals surface area contributed by atoms with Crippen LogP contribution in [0, 0.1) is 12.7 Å². The molecule has 0 saturated carbocycles. The van der Waals surface area contributed by atoms with E-state index in [1.165, 1.54) is 18.2 Å². The van der Waals surface area contributed by atoms with E-state index in [9.17, 15) is 14.0 Å². The maximum absolute atomic E-state index is 13.3. The Hall–Kier alpha value is -2.17. The Morgan fingerprint density at radius 1 is 1.38 bits per heavy atom. The van der Waals surface area contributed by atoms with Crippen LogP contribution in [0.15, 0.2) is 24.3 Å². The van der Waals surface area contributed by atoms with Crippen molar-refractivity contribution in [1.82, 2.24) is 0 Å². The second-order valence-electron chi connectivity index (χ2n) is 4.63. The third kappa shape index (κ3) is 2.44. The molecule has 2 aromatic rings. The molecule has 0 spiro atoms. The number of aryl methyl sites for hydroxylation is 1. The number of hydrogen-bond donors (Lipinski definition) is 2. The second kappa shape index (κ2) is 4.98. The molecule has 4 nitrogen and oxygen atoms in total. The summed E-state index contributed by atoms with van der Waals surface area (Å²) in [4.78, 5) is 23.0. The van der Waals surface area contributed by atoms with Crippen LogP contribution in [-0.4, -0.2) is 31.5 Å². The van der Waals surface area contributed by atoms with Gasteiger partial charge in [-0.1, -0.05) is 0 Å². The van der Waals surface area contributed by atoms with Crippen molar-refractivity contribution in [2.75, 3.05) is 5.32 Å². The van der Waals surface area contributed by atoms with Gasteiger partial charge in [0.25, 0.3) is 0 Å². The van der Waals surface area contributed by atoms with Gasteiger partial charge in [0.1, 0.15) is 0 Å². The Labute approximate surface area is 125 Å². The van der Waals surface area contributed by atoms with Crippen LogP contribution in [0.25, 0.3) is 11.6 Å². The normalized spacial score (nSPS) is 15.1. The standard InChI is InChI=1S/C15H10FNO3Se/c1-7-10(15(19)20)5-9(21-7)6-12-11-4-8(16)2-3-13(11)17-14(12)18/h2-6H,1H3,(H,17,18)(H,19,20)/b12-6-. The zero-order chi connectivity index (χ0) is 15.1. The molecule has 0 fully saturated rings. The number of nitrogens with one attached hydrogen (secondary N) is 1. The van der Waals surface area contributed by atoms with E-state index < -0.39 is 11.8 Å². The van der Waals surface area contributed by atoms with Crippen molar-refractivity contribution in [3.8, 4) is 0 Å². The van der Waals surface area contributed by atoms with Gasteiger partial charge in [-0.05, 0) is 0 Å². The van der Waals surface area contributed by atoms with Crippen molar-refractivity contribution in [3.05, 3.63) is 50.1 Å². The van der Waals surface area contributed by atoms with E-state index in [-0.39, 0.29) is 26.0 Å². The van der Waals surface area contributed by atoms with Gasteiger partial charge in [0.15, 0.2) is 0 Å². The number of amides is 1. The van der Waals surface area contributed by atoms with E-state index in [0.29, 0.717) is 16.8 Å². The zero-order valence-electron chi connectivity index (χ0n) is 10.9.